The van der Waals surface area contributed by atoms with Gasteiger partial charge in [0.2, 0.25) is 0 Å². The Balaban J connectivity index is 1.93. The van der Waals surface area contributed by atoms with Gasteiger partial charge in [-0.1, -0.05) is 84.4 Å². The van der Waals surface area contributed by atoms with Crippen molar-refractivity contribution in [2.45, 2.75) is 13.3 Å². The van der Waals surface area contributed by atoms with E-state index in [9.17, 15) is 0 Å². The first-order chi connectivity index (χ1) is 10.8. The molecule has 0 saturated carbocycles. The Labute approximate surface area is 131 Å². The number of fused-ring (bicyclic) bond motifs is 3. The highest BCUT2D eigenvalue weighted by molar-refractivity contribution is 6.09. The zero-order valence-corrected chi connectivity index (χ0v) is 12.7. The second-order valence-electron chi connectivity index (χ2n) is 5.96. The van der Waals surface area contributed by atoms with Crippen LogP contribution in [0.5, 0.6) is 0 Å². The van der Waals surface area contributed by atoms with Gasteiger partial charge in [-0.05, 0) is 46.0 Å². The molecule has 0 nitrogen and oxygen atoms in total. The van der Waals surface area contributed by atoms with Crippen LogP contribution in [-0.2, 0) is 6.42 Å². The molecule has 0 aliphatic rings. The molecule has 0 heterocycles. The van der Waals surface area contributed by atoms with Gasteiger partial charge in [0.1, 0.15) is 0 Å². The molecule has 0 atom stereocenters. The minimum Gasteiger partial charge on any atom is -0.0616 e. The molecular weight excluding hydrogens is 264 g/mol. The number of aryl methyl sites for hydroxylation is 1. The first-order valence-electron chi connectivity index (χ1n) is 7.76. The normalized spacial score (nSPS) is 11.1. The molecule has 0 N–H and O–H groups in total. The van der Waals surface area contributed by atoms with E-state index < -0.39 is 0 Å². The van der Waals surface area contributed by atoms with Gasteiger partial charge in [-0.25, -0.2) is 0 Å². The molecule has 4 aromatic carbocycles. The van der Waals surface area contributed by atoms with E-state index in [0.717, 1.165) is 6.42 Å². The summed E-state index contributed by atoms with van der Waals surface area (Å²) in [6, 6.07) is 28.6. The van der Waals surface area contributed by atoms with Crippen molar-refractivity contribution in [2.75, 3.05) is 0 Å². The molecule has 0 amide bonds. The van der Waals surface area contributed by atoms with Crippen molar-refractivity contribution in [2.24, 2.45) is 0 Å². The minimum atomic E-state index is 0.978. The largest absolute Gasteiger partial charge is 0.0616 e. The SMILES string of the molecule is Cc1ccc(Cc2cc3ccccc3c3ccccc23)cc1. The van der Waals surface area contributed by atoms with Crippen LogP contribution in [0.1, 0.15) is 16.7 Å². The first-order valence-corrected chi connectivity index (χ1v) is 7.76. The fourth-order valence-corrected chi connectivity index (χ4v) is 3.20. The highest BCUT2D eigenvalue weighted by atomic mass is 14.1. The van der Waals surface area contributed by atoms with Crippen molar-refractivity contribution in [3.8, 4) is 0 Å². The molecule has 0 radical (unpaired) electrons. The molecule has 0 heteroatoms. The third-order valence-corrected chi connectivity index (χ3v) is 4.37. The summed E-state index contributed by atoms with van der Waals surface area (Å²) in [6.07, 6.45) is 0.978. The van der Waals surface area contributed by atoms with E-state index >= 15 is 0 Å². The van der Waals surface area contributed by atoms with Crippen LogP contribution in [0.3, 0.4) is 0 Å². The number of hydrogen-bond donors (Lipinski definition) is 0. The van der Waals surface area contributed by atoms with Gasteiger partial charge in [-0.3, -0.25) is 0 Å². The fourth-order valence-electron chi connectivity index (χ4n) is 3.20. The number of hydrogen-bond acceptors (Lipinski definition) is 0. The lowest BCUT2D eigenvalue weighted by Crippen LogP contribution is -1.91. The zero-order valence-electron chi connectivity index (χ0n) is 12.7. The molecule has 0 saturated heterocycles. The summed E-state index contributed by atoms with van der Waals surface area (Å²) in [4.78, 5) is 0. The van der Waals surface area contributed by atoms with Crippen LogP contribution in [0, 0.1) is 6.92 Å². The summed E-state index contributed by atoms with van der Waals surface area (Å²) < 4.78 is 0. The van der Waals surface area contributed by atoms with Crippen LogP contribution >= 0.6 is 0 Å². The third-order valence-electron chi connectivity index (χ3n) is 4.37. The van der Waals surface area contributed by atoms with Crippen LogP contribution in [0.4, 0.5) is 0 Å². The van der Waals surface area contributed by atoms with Crippen LogP contribution in [-0.4, -0.2) is 0 Å². The second kappa shape index (κ2) is 5.31. The molecule has 106 valence electrons. The number of benzene rings is 4. The first kappa shape index (κ1) is 13.1. The van der Waals surface area contributed by atoms with Crippen LogP contribution in [0.15, 0.2) is 78.9 Å². The Hall–Kier alpha value is -2.60. The topological polar surface area (TPSA) is 0 Å². The van der Waals surface area contributed by atoms with Gasteiger partial charge >= 0.3 is 0 Å². The Morgan fingerprint density at radius 1 is 0.636 bits per heavy atom. The molecule has 0 bridgehead atoms. The van der Waals surface area contributed by atoms with Crippen LogP contribution in [0.25, 0.3) is 21.5 Å². The maximum absolute atomic E-state index is 2.34. The lowest BCUT2D eigenvalue weighted by molar-refractivity contribution is 1.21. The van der Waals surface area contributed by atoms with Crippen molar-refractivity contribution in [3.63, 3.8) is 0 Å². The zero-order chi connectivity index (χ0) is 14.9. The van der Waals surface area contributed by atoms with E-state index in [0.29, 0.717) is 0 Å². The molecule has 0 unspecified atom stereocenters. The molecule has 0 fully saturated rings. The van der Waals surface area contributed by atoms with E-state index in [1.165, 1.54) is 38.2 Å². The third kappa shape index (κ3) is 2.27. The summed E-state index contributed by atoms with van der Waals surface area (Å²) in [5.74, 6) is 0. The van der Waals surface area contributed by atoms with E-state index in [1.807, 2.05) is 0 Å². The molecular formula is C22H18. The predicted molar refractivity (Wildman–Crippen MR) is 95.4 cm³/mol. The van der Waals surface area contributed by atoms with Gasteiger partial charge in [0.05, 0.1) is 0 Å². The molecule has 22 heavy (non-hydrogen) atoms. The molecule has 0 aromatic heterocycles. The lowest BCUT2D eigenvalue weighted by Gasteiger charge is -2.11. The van der Waals surface area contributed by atoms with Gasteiger partial charge in [-0.2, -0.15) is 0 Å². The maximum Gasteiger partial charge on any atom is -0.00194 e. The van der Waals surface area contributed by atoms with Crippen LogP contribution in [0.2, 0.25) is 0 Å². The quantitative estimate of drug-likeness (QED) is 0.402. The van der Waals surface area contributed by atoms with E-state index in [1.54, 1.807) is 0 Å². The predicted octanol–water partition coefficient (Wildman–Crippen LogP) is 5.89. The highest BCUT2D eigenvalue weighted by Crippen LogP contribution is 2.30. The molecule has 0 spiro atoms. The Kier molecular flexibility index (Phi) is 3.16. The van der Waals surface area contributed by atoms with Gasteiger partial charge in [-0.15, -0.1) is 0 Å². The summed E-state index contributed by atoms with van der Waals surface area (Å²) >= 11 is 0. The summed E-state index contributed by atoms with van der Waals surface area (Å²) in [5.41, 5.74) is 4.08. The fraction of sp³-hybridized carbons (Fsp3) is 0.0909. The minimum absolute atomic E-state index is 0.978. The van der Waals surface area contributed by atoms with Gasteiger partial charge < -0.3 is 0 Å². The van der Waals surface area contributed by atoms with E-state index in [4.69, 9.17) is 0 Å². The molecule has 4 aromatic rings. The van der Waals surface area contributed by atoms with E-state index in [-0.39, 0.29) is 0 Å². The summed E-state index contributed by atoms with van der Waals surface area (Å²) in [6.45, 7) is 2.13. The molecule has 4 rings (SSSR count). The smallest absolute Gasteiger partial charge is 0.00194 e. The van der Waals surface area contributed by atoms with Crippen molar-refractivity contribution >= 4 is 21.5 Å². The van der Waals surface area contributed by atoms with Crippen molar-refractivity contribution in [1.82, 2.24) is 0 Å². The summed E-state index contributed by atoms with van der Waals surface area (Å²) in [5, 5.41) is 5.37. The Morgan fingerprint density at radius 2 is 1.27 bits per heavy atom. The maximum atomic E-state index is 2.34. The highest BCUT2D eigenvalue weighted by Gasteiger charge is 2.06. The van der Waals surface area contributed by atoms with Crippen molar-refractivity contribution in [3.05, 3.63) is 95.6 Å². The average molecular weight is 282 g/mol. The van der Waals surface area contributed by atoms with Gasteiger partial charge in [0.15, 0.2) is 0 Å². The Bertz CT molecular complexity index is 946. The van der Waals surface area contributed by atoms with E-state index in [2.05, 4.69) is 85.8 Å². The van der Waals surface area contributed by atoms with Crippen molar-refractivity contribution < 1.29 is 0 Å². The standard InChI is InChI=1S/C22H18/c1-16-10-12-17(13-11-16)14-19-15-18-6-2-3-7-20(18)22-9-5-4-8-21(19)22/h2-13,15H,14H2,1H3. The second-order valence-corrected chi connectivity index (χ2v) is 5.96. The molecule has 0 aliphatic carbocycles. The monoisotopic (exact) mass is 282 g/mol. The lowest BCUT2D eigenvalue weighted by atomic mass is 9.93. The van der Waals surface area contributed by atoms with Crippen LogP contribution < -0.4 is 0 Å². The summed E-state index contributed by atoms with van der Waals surface area (Å²) in [7, 11) is 0. The molecule has 0 aliphatic heterocycles. The van der Waals surface area contributed by atoms with Crippen molar-refractivity contribution in [1.29, 1.82) is 0 Å². The Morgan fingerprint density at radius 3 is 2.05 bits per heavy atom. The number of rotatable bonds is 2. The average Bonchev–Trinajstić information content (AvgIpc) is 2.57. The van der Waals surface area contributed by atoms with Gasteiger partial charge in [0.25, 0.3) is 0 Å². The van der Waals surface area contributed by atoms with Gasteiger partial charge in [0, 0.05) is 0 Å².